The van der Waals surface area contributed by atoms with Gasteiger partial charge in [0.15, 0.2) is 0 Å². The fourth-order valence-corrected chi connectivity index (χ4v) is 6.20. The standard InChI is InChI=1S/C24H49P/c1-8-9-10-11-12-13-14-15-17-20-18-16-19-21(20)24(25,22(2,3)4)23(5,6)7/h20-21H,8-19,25H2,1-7H3. The summed E-state index contributed by atoms with van der Waals surface area (Å²) in [6.45, 7) is 17.1. The predicted octanol–water partition coefficient (Wildman–Crippen LogP) is 8.64. The lowest BCUT2D eigenvalue weighted by Crippen LogP contribution is -2.54. The highest BCUT2D eigenvalue weighted by atomic mass is 31.0. The monoisotopic (exact) mass is 368 g/mol. The minimum absolute atomic E-state index is 0.335. The molecule has 0 saturated heterocycles. The fourth-order valence-electron chi connectivity index (χ4n) is 5.76. The lowest BCUT2D eigenvalue weighted by atomic mass is 9.57. The van der Waals surface area contributed by atoms with Gasteiger partial charge in [-0.15, -0.1) is 9.24 Å². The molecule has 0 aliphatic heterocycles. The Balaban J connectivity index is 2.52. The Hall–Kier alpha value is 0.430. The number of hydrogen-bond donors (Lipinski definition) is 0. The van der Waals surface area contributed by atoms with Crippen molar-refractivity contribution in [1.82, 2.24) is 0 Å². The van der Waals surface area contributed by atoms with E-state index in [9.17, 15) is 0 Å². The van der Waals surface area contributed by atoms with Gasteiger partial charge in [0.1, 0.15) is 0 Å². The van der Waals surface area contributed by atoms with E-state index in [1.54, 1.807) is 0 Å². The average molecular weight is 369 g/mol. The van der Waals surface area contributed by atoms with Gasteiger partial charge in [0.25, 0.3) is 0 Å². The molecule has 1 heteroatoms. The molecule has 1 saturated carbocycles. The van der Waals surface area contributed by atoms with Crippen LogP contribution in [0, 0.1) is 22.7 Å². The molecular weight excluding hydrogens is 319 g/mol. The van der Waals surface area contributed by atoms with Crippen LogP contribution in [0.15, 0.2) is 0 Å². The first-order valence-corrected chi connectivity index (χ1v) is 11.9. The highest BCUT2D eigenvalue weighted by Gasteiger charge is 2.54. The van der Waals surface area contributed by atoms with Gasteiger partial charge in [0.2, 0.25) is 0 Å². The maximum absolute atomic E-state index is 3.39. The molecule has 150 valence electrons. The molecule has 1 aliphatic carbocycles. The van der Waals surface area contributed by atoms with Crippen LogP contribution in [0.5, 0.6) is 0 Å². The van der Waals surface area contributed by atoms with Crippen LogP contribution in [-0.4, -0.2) is 5.16 Å². The summed E-state index contributed by atoms with van der Waals surface area (Å²) in [7, 11) is 3.39. The van der Waals surface area contributed by atoms with Crippen molar-refractivity contribution in [3.05, 3.63) is 0 Å². The van der Waals surface area contributed by atoms with Crippen molar-refractivity contribution in [3.63, 3.8) is 0 Å². The quantitative estimate of drug-likeness (QED) is 0.267. The van der Waals surface area contributed by atoms with Crippen LogP contribution in [-0.2, 0) is 0 Å². The van der Waals surface area contributed by atoms with E-state index >= 15 is 0 Å². The van der Waals surface area contributed by atoms with Crippen LogP contribution in [0.4, 0.5) is 0 Å². The molecule has 1 aliphatic rings. The molecular formula is C24H49P. The number of rotatable bonds is 10. The molecule has 25 heavy (non-hydrogen) atoms. The molecule has 1 fully saturated rings. The van der Waals surface area contributed by atoms with Gasteiger partial charge in [0, 0.05) is 0 Å². The number of hydrogen-bond acceptors (Lipinski definition) is 0. The second-order valence-corrected chi connectivity index (χ2v) is 11.8. The van der Waals surface area contributed by atoms with Crippen molar-refractivity contribution in [2.75, 3.05) is 0 Å². The molecule has 0 N–H and O–H groups in total. The normalized spacial score (nSPS) is 22.6. The second kappa shape index (κ2) is 10.1. The van der Waals surface area contributed by atoms with Crippen LogP contribution in [0.1, 0.15) is 126 Å². The third-order valence-corrected chi connectivity index (χ3v) is 9.31. The smallest absolute Gasteiger partial charge is 0.00229 e. The summed E-state index contributed by atoms with van der Waals surface area (Å²) in [6.07, 6.45) is 17.4. The van der Waals surface area contributed by atoms with Gasteiger partial charge in [-0.3, -0.25) is 0 Å². The Kier molecular flexibility index (Phi) is 9.49. The first-order valence-electron chi connectivity index (χ1n) is 11.3. The molecule has 3 atom stereocenters. The molecule has 0 bridgehead atoms. The predicted molar refractivity (Wildman–Crippen MR) is 119 cm³/mol. The molecule has 1 rings (SSSR count). The number of unbranched alkanes of at least 4 members (excludes halogenated alkanes) is 7. The molecule has 0 amide bonds. The van der Waals surface area contributed by atoms with Crippen LogP contribution < -0.4 is 0 Å². The molecule has 0 aromatic carbocycles. The highest BCUT2D eigenvalue weighted by molar-refractivity contribution is 7.19. The lowest BCUT2D eigenvalue weighted by molar-refractivity contribution is 0.0583. The molecule has 3 unspecified atom stereocenters. The second-order valence-electron chi connectivity index (χ2n) is 10.9. The third kappa shape index (κ3) is 6.23. The van der Waals surface area contributed by atoms with Crippen LogP contribution in [0.3, 0.4) is 0 Å². The van der Waals surface area contributed by atoms with E-state index in [0.717, 1.165) is 11.8 Å². The summed E-state index contributed by atoms with van der Waals surface area (Å²) in [4.78, 5) is 0. The highest BCUT2D eigenvalue weighted by Crippen LogP contribution is 2.61. The van der Waals surface area contributed by atoms with Gasteiger partial charge in [-0.2, -0.15) is 0 Å². The SMILES string of the molecule is CCCCCCCCCCC1CCCC1C(P)(C(C)(C)C)C(C)(C)C. The molecule has 0 nitrogen and oxygen atoms in total. The Morgan fingerprint density at radius 3 is 1.68 bits per heavy atom. The Morgan fingerprint density at radius 2 is 1.20 bits per heavy atom. The molecule has 0 aromatic rings. The zero-order chi connectivity index (χ0) is 19.1. The van der Waals surface area contributed by atoms with Gasteiger partial charge < -0.3 is 0 Å². The Labute approximate surface area is 162 Å². The molecule has 0 heterocycles. The van der Waals surface area contributed by atoms with Gasteiger partial charge in [-0.05, 0) is 34.2 Å². The van der Waals surface area contributed by atoms with Crippen molar-refractivity contribution in [2.24, 2.45) is 22.7 Å². The molecule has 0 aromatic heterocycles. The third-order valence-electron chi connectivity index (χ3n) is 7.15. The van der Waals surface area contributed by atoms with E-state index in [4.69, 9.17) is 0 Å². The Bertz CT molecular complexity index is 343. The zero-order valence-corrected chi connectivity index (χ0v) is 19.9. The average Bonchev–Trinajstić information content (AvgIpc) is 2.95. The molecule has 0 radical (unpaired) electrons. The van der Waals surface area contributed by atoms with E-state index in [2.05, 4.69) is 57.7 Å². The minimum Gasteiger partial charge on any atom is -0.130 e. The molecule has 0 spiro atoms. The lowest BCUT2D eigenvalue weighted by Gasteiger charge is -2.56. The largest absolute Gasteiger partial charge is 0.130 e. The topological polar surface area (TPSA) is 0 Å². The summed E-state index contributed by atoms with van der Waals surface area (Å²) in [5.74, 6) is 1.83. The first-order chi connectivity index (χ1) is 11.6. The van der Waals surface area contributed by atoms with Gasteiger partial charge in [-0.25, -0.2) is 0 Å². The summed E-state index contributed by atoms with van der Waals surface area (Å²) >= 11 is 0. The maximum Gasteiger partial charge on any atom is -0.00229 e. The van der Waals surface area contributed by atoms with E-state index in [1.165, 1.54) is 77.0 Å². The van der Waals surface area contributed by atoms with E-state index in [1.807, 2.05) is 0 Å². The van der Waals surface area contributed by atoms with E-state index < -0.39 is 0 Å². The van der Waals surface area contributed by atoms with Crippen molar-refractivity contribution in [1.29, 1.82) is 0 Å². The van der Waals surface area contributed by atoms with Gasteiger partial charge in [0.05, 0.1) is 0 Å². The van der Waals surface area contributed by atoms with Crippen LogP contribution in [0.25, 0.3) is 0 Å². The minimum atomic E-state index is 0.335. The van der Waals surface area contributed by atoms with Crippen molar-refractivity contribution < 1.29 is 0 Å². The van der Waals surface area contributed by atoms with E-state index in [0.29, 0.717) is 16.0 Å². The summed E-state index contributed by atoms with van der Waals surface area (Å²) < 4.78 is 0. The van der Waals surface area contributed by atoms with Crippen LogP contribution in [0.2, 0.25) is 0 Å². The van der Waals surface area contributed by atoms with Crippen LogP contribution >= 0.6 is 9.24 Å². The maximum atomic E-state index is 3.39. The first kappa shape index (κ1) is 23.5. The fraction of sp³-hybridized carbons (Fsp3) is 1.00. The zero-order valence-electron chi connectivity index (χ0n) is 18.7. The Morgan fingerprint density at radius 1 is 0.720 bits per heavy atom. The van der Waals surface area contributed by atoms with Crippen molar-refractivity contribution in [3.8, 4) is 0 Å². The summed E-state index contributed by atoms with van der Waals surface area (Å²) in [5, 5.41) is 0.335. The van der Waals surface area contributed by atoms with E-state index in [-0.39, 0.29) is 0 Å². The summed E-state index contributed by atoms with van der Waals surface area (Å²) in [5.41, 5.74) is 0.672. The summed E-state index contributed by atoms with van der Waals surface area (Å²) in [6, 6.07) is 0. The van der Waals surface area contributed by atoms with Crippen molar-refractivity contribution in [2.45, 2.75) is 131 Å². The van der Waals surface area contributed by atoms with Gasteiger partial charge >= 0.3 is 0 Å². The van der Waals surface area contributed by atoms with Crippen molar-refractivity contribution >= 4 is 9.24 Å². The van der Waals surface area contributed by atoms with Gasteiger partial charge in [-0.1, -0.05) is 119 Å².